The number of rotatable bonds is 9. The molecule has 0 bridgehead atoms. The molecule has 1 saturated carbocycles. The molecule has 0 aromatic heterocycles. The van der Waals surface area contributed by atoms with Crippen molar-refractivity contribution >= 4 is 0 Å². The minimum Gasteiger partial charge on any atom is -0.307 e. The second kappa shape index (κ2) is 7.69. The molecule has 1 nitrogen and oxygen atoms in total. The normalized spacial score (nSPS) is 18.2. The van der Waals surface area contributed by atoms with Gasteiger partial charge < -0.3 is 5.32 Å². The quantitative estimate of drug-likeness (QED) is 0.651. The molecule has 1 heteroatoms. The van der Waals surface area contributed by atoms with E-state index in [0.29, 0.717) is 12.1 Å². The van der Waals surface area contributed by atoms with E-state index in [1.807, 2.05) is 0 Å². The zero-order valence-electron chi connectivity index (χ0n) is 12.6. The molecule has 1 N–H and O–H groups in total. The van der Waals surface area contributed by atoms with Gasteiger partial charge in [-0.05, 0) is 37.2 Å². The third kappa shape index (κ3) is 4.65. The van der Waals surface area contributed by atoms with E-state index in [1.165, 1.54) is 50.5 Å². The lowest BCUT2D eigenvalue weighted by atomic mass is 9.98. The third-order valence-electron chi connectivity index (χ3n) is 4.21. The van der Waals surface area contributed by atoms with Gasteiger partial charge in [0.25, 0.3) is 0 Å². The van der Waals surface area contributed by atoms with Crippen LogP contribution in [-0.2, 0) is 0 Å². The van der Waals surface area contributed by atoms with Gasteiger partial charge in [0.15, 0.2) is 0 Å². The molecule has 0 heterocycles. The fourth-order valence-electron chi connectivity index (χ4n) is 2.96. The predicted molar refractivity (Wildman–Crippen MR) is 83.3 cm³/mol. The average molecular weight is 259 g/mol. The summed E-state index contributed by atoms with van der Waals surface area (Å²) >= 11 is 0. The Morgan fingerprint density at radius 3 is 2.37 bits per heavy atom. The first kappa shape index (κ1) is 14.6. The molecular formula is C18H29N. The van der Waals surface area contributed by atoms with E-state index in [4.69, 9.17) is 0 Å². The maximum Gasteiger partial charge on any atom is 0.0351 e. The molecule has 1 fully saturated rings. The van der Waals surface area contributed by atoms with Gasteiger partial charge in [0.2, 0.25) is 0 Å². The van der Waals surface area contributed by atoms with Gasteiger partial charge in [0.1, 0.15) is 0 Å². The standard InChI is InChI=1S/C18H29N/c1-3-5-12-17(9-4-2)19-18(16-13-14-16)15-10-7-6-8-11-15/h6-8,10-11,16-19H,3-5,9,12-14H2,1-2H3. The lowest BCUT2D eigenvalue weighted by Gasteiger charge is -2.26. The molecule has 1 aliphatic rings. The van der Waals surface area contributed by atoms with E-state index in [-0.39, 0.29) is 0 Å². The summed E-state index contributed by atoms with van der Waals surface area (Å²) in [5, 5.41) is 3.97. The zero-order chi connectivity index (χ0) is 13.5. The van der Waals surface area contributed by atoms with Crippen molar-refractivity contribution in [2.75, 3.05) is 0 Å². The van der Waals surface area contributed by atoms with Crippen molar-refractivity contribution in [1.29, 1.82) is 0 Å². The monoisotopic (exact) mass is 259 g/mol. The third-order valence-corrected chi connectivity index (χ3v) is 4.21. The lowest BCUT2D eigenvalue weighted by molar-refractivity contribution is 0.360. The fraction of sp³-hybridized carbons (Fsp3) is 0.667. The maximum absolute atomic E-state index is 3.97. The number of benzene rings is 1. The van der Waals surface area contributed by atoms with Crippen LogP contribution in [0.25, 0.3) is 0 Å². The minimum atomic E-state index is 0.592. The van der Waals surface area contributed by atoms with Gasteiger partial charge in [-0.2, -0.15) is 0 Å². The first-order chi connectivity index (χ1) is 9.35. The van der Waals surface area contributed by atoms with E-state index in [0.717, 1.165) is 5.92 Å². The van der Waals surface area contributed by atoms with Crippen LogP contribution in [0, 0.1) is 5.92 Å². The highest BCUT2D eigenvalue weighted by molar-refractivity contribution is 5.21. The van der Waals surface area contributed by atoms with Crippen LogP contribution in [0.2, 0.25) is 0 Å². The van der Waals surface area contributed by atoms with Crippen molar-refractivity contribution in [1.82, 2.24) is 5.32 Å². The Morgan fingerprint density at radius 1 is 1.05 bits per heavy atom. The first-order valence-corrected chi connectivity index (χ1v) is 8.16. The summed E-state index contributed by atoms with van der Waals surface area (Å²) in [5.74, 6) is 0.878. The molecule has 1 aliphatic carbocycles. The van der Waals surface area contributed by atoms with Gasteiger partial charge in [-0.3, -0.25) is 0 Å². The molecule has 1 aromatic carbocycles. The van der Waals surface area contributed by atoms with Crippen LogP contribution in [-0.4, -0.2) is 6.04 Å². The van der Waals surface area contributed by atoms with Crippen LogP contribution in [0.5, 0.6) is 0 Å². The molecule has 0 spiro atoms. The summed E-state index contributed by atoms with van der Waals surface area (Å²) in [6, 6.07) is 12.3. The topological polar surface area (TPSA) is 12.0 Å². The summed E-state index contributed by atoms with van der Waals surface area (Å²) in [7, 11) is 0. The van der Waals surface area contributed by atoms with E-state index < -0.39 is 0 Å². The molecule has 2 rings (SSSR count). The Balaban J connectivity index is 1.98. The number of hydrogen-bond donors (Lipinski definition) is 1. The van der Waals surface area contributed by atoms with Gasteiger partial charge in [-0.25, -0.2) is 0 Å². The largest absolute Gasteiger partial charge is 0.307 e. The number of hydrogen-bond acceptors (Lipinski definition) is 1. The first-order valence-electron chi connectivity index (χ1n) is 8.16. The minimum absolute atomic E-state index is 0.592. The Kier molecular flexibility index (Phi) is 5.91. The number of unbranched alkanes of at least 4 members (excludes halogenated alkanes) is 1. The predicted octanol–water partition coefficient (Wildman–Crippen LogP) is 5.09. The van der Waals surface area contributed by atoms with Gasteiger partial charge >= 0.3 is 0 Å². The van der Waals surface area contributed by atoms with Crippen molar-refractivity contribution in [3.63, 3.8) is 0 Å². The van der Waals surface area contributed by atoms with Crippen LogP contribution in [0.1, 0.15) is 70.4 Å². The molecule has 0 saturated heterocycles. The summed E-state index contributed by atoms with van der Waals surface area (Å²) in [4.78, 5) is 0. The van der Waals surface area contributed by atoms with Gasteiger partial charge in [-0.1, -0.05) is 63.4 Å². The van der Waals surface area contributed by atoms with Crippen molar-refractivity contribution in [2.45, 2.75) is 70.9 Å². The molecule has 0 aliphatic heterocycles. The molecule has 19 heavy (non-hydrogen) atoms. The Labute approximate surface area is 118 Å². The van der Waals surface area contributed by atoms with E-state index in [9.17, 15) is 0 Å². The van der Waals surface area contributed by atoms with Crippen molar-refractivity contribution in [3.05, 3.63) is 35.9 Å². The lowest BCUT2D eigenvalue weighted by Crippen LogP contribution is -2.34. The molecule has 0 radical (unpaired) electrons. The van der Waals surface area contributed by atoms with Crippen molar-refractivity contribution < 1.29 is 0 Å². The van der Waals surface area contributed by atoms with Crippen LogP contribution in [0.3, 0.4) is 0 Å². The summed E-state index contributed by atoms with van der Waals surface area (Å²) in [5.41, 5.74) is 1.49. The molecule has 0 amide bonds. The van der Waals surface area contributed by atoms with Gasteiger partial charge in [-0.15, -0.1) is 0 Å². The van der Waals surface area contributed by atoms with E-state index in [2.05, 4.69) is 49.5 Å². The average Bonchev–Trinajstić information content (AvgIpc) is 3.27. The Bertz CT molecular complexity index is 342. The SMILES string of the molecule is CCCCC(CCC)NC(c1ccccc1)C1CC1. The molecule has 2 unspecified atom stereocenters. The maximum atomic E-state index is 3.97. The number of nitrogens with one attached hydrogen (secondary N) is 1. The van der Waals surface area contributed by atoms with Crippen molar-refractivity contribution in [3.8, 4) is 0 Å². The highest BCUT2D eigenvalue weighted by Crippen LogP contribution is 2.41. The highest BCUT2D eigenvalue weighted by atomic mass is 15.0. The molecule has 106 valence electrons. The second-order valence-corrected chi connectivity index (χ2v) is 6.02. The summed E-state index contributed by atoms with van der Waals surface area (Å²) in [6.45, 7) is 4.59. The van der Waals surface area contributed by atoms with Crippen LogP contribution >= 0.6 is 0 Å². The Morgan fingerprint density at radius 2 is 1.79 bits per heavy atom. The van der Waals surface area contributed by atoms with Crippen LogP contribution in [0.4, 0.5) is 0 Å². The zero-order valence-corrected chi connectivity index (χ0v) is 12.6. The molecule has 1 aromatic rings. The van der Waals surface area contributed by atoms with Gasteiger partial charge in [0.05, 0.1) is 0 Å². The smallest absolute Gasteiger partial charge is 0.0351 e. The van der Waals surface area contributed by atoms with E-state index >= 15 is 0 Å². The van der Waals surface area contributed by atoms with Gasteiger partial charge in [0, 0.05) is 12.1 Å². The fourth-order valence-corrected chi connectivity index (χ4v) is 2.96. The summed E-state index contributed by atoms with van der Waals surface area (Å²) in [6.07, 6.45) is 9.40. The van der Waals surface area contributed by atoms with Crippen LogP contribution < -0.4 is 5.32 Å². The Hall–Kier alpha value is -0.820. The molecular weight excluding hydrogens is 230 g/mol. The second-order valence-electron chi connectivity index (χ2n) is 6.02. The van der Waals surface area contributed by atoms with Crippen molar-refractivity contribution in [2.24, 2.45) is 5.92 Å². The van der Waals surface area contributed by atoms with Crippen LogP contribution in [0.15, 0.2) is 30.3 Å². The molecule has 2 atom stereocenters. The van der Waals surface area contributed by atoms with E-state index in [1.54, 1.807) is 0 Å². The summed E-state index contributed by atoms with van der Waals surface area (Å²) < 4.78 is 0. The highest BCUT2D eigenvalue weighted by Gasteiger charge is 2.33.